The Balaban J connectivity index is 2.22. The van der Waals surface area contributed by atoms with E-state index in [0.29, 0.717) is 16.4 Å². The predicted octanol–water partition coefficient (Wildman–Crippen LogP) is 0.751. The van der Waals surface area contributed by atoms with Crippen molar-refractivity contribution in [1.29, 1.82) is 0 Å². The van der Waals surface area contributed by atoms with Gasteiger partial charge in [0.15, 0.2) is 0 Å². The number of aromatic nitrogens is 3. The largest absolute Gasteiger partial charge is 0.323 e. The molecular weight excluding hydrogens is 330 g/mol. The number of rotatable bonds is 5. The van der Waals surface area contributed by atoms with Crippen LogP contribution in [0.3, 0.4) is 0 Å². The molecule has 0 saturated carbocycles. The van der Waals surface area contributed by atoms with Crippen LogP contribution < -0.4 is 5.32 Å². The number of likely N-dealkylation sites (N-methyl/N-ethyl adjacent to an activating group) is 1. The Labute approximate surface area is 132 Å². The van der Waals surface area contributed by atoms with E-state index < -0.39 is 15.9 Å². The van der Waals surface area contributed by atoms with Crippen molar-refractivity contribution in [3.05, 3.63) is 35.9 Å². The zero-order chi connectivity index (χ0) is 16.3. The van der Waals surface area contributed by atoms with E-state index in [-0.39, 0.29) is 6.54 Å². The van der Waals surface area contributed by atoms with Crippen LogP contribution in [0.5, 0.6) is 0 Å². The summed E-state index contributed by atoms with van der Waals surface area (Å²) < 4.78 is 25.1. The molecule has 2 rings (SSSR count). The Morgan fingerprint density at radius 3 is 2.77 bits per heavy atom. The lowest BCUT2D eigenvalue weighted by atomic mass is 10.2. The number of halogens is 1. The predicted molar refractivity (Wildman–Crippen MR) is 82.5 cm³/mol. The van der Waals surface area contributed by atoms with Gasteiger partial charge in [-0.15, -0.1) is 0 Å². The molecule has 0 radical (unpaired) electrons. The lowest BCUT2D eigenvalue weighted by Crippen LogP contribution is -2.34. The van der Waals surface area contributed by atoms with Crippen molar-refractivity contribution in [2.45, 2.75) is 0 Å². The molecule has 0 aliphatic heterocycles. The van der Waals surface area contributed by atoms with E-state index in [0.717, 1.165) is 10.6 Å². The standard InChI is InChI=1S/C12H14ClN5O3S/c1-17(22(2,20)21)6-12(19)16-10-5-9(13)3-4-11(10)18-8-14-7-15-18/h3-5,7-8H,6H2,1-2H3,(H,16,19). The first-order valence-corrected chi connectivity index (χ1v) is 8.35. The van der Waals surface area contributed by atoms with E-state index >= 15 is 0 Å². The molecule has 0 fully saturated rings. The summed E-state index contributed by atoms with van der Waals surface area (Å²) in [6.45, 7) is -0.303. The molecule has 0 aliphatic rings. The minimum atomic E-state index is -3.43. The monoisotopic (exact) mass is 343 g/mol. The fraction of sp³-hybridized carbons (Fsp3) is 0.250. The van der Waals surface area contributed by atoms with Crippen LogP contribution >= 0.6 is 11.6 Å². The normalized spacial score (nSPS) is 11.6. The van der Waals surface area contributed by atoms with Gasteiger partial charge in [-0.2, -0.15) is 9.40 Å². The van der Waals surface area contributed by atoms with Gasteiger partial charge in [0.25, 0.3) is 0 Å². The van der Waals surface area contributed by atoms with Crippen LogP contribution in [0.4, 0.5) is 5.69 Å². The molecule has 2 aromatic rings. The van der Waals surface area contributed by atoms with E-state index in [9.17, 15) is 13.2 Å². The topological polar surface area (TPSA) is 97.2 Å². The van der Waals surface area contributed by atoms with Gasteiger partial charge in [-0.25, -0.2) is 18.1 Å². The summed E-state index contributed by atoms with van der Waals surface area (Å²) >= 11 is 5.94. The highest BCUT2D eigenvalue weighted by atomic mass is 35.5. The van der Waals surface area contributed by atoms with Gasteiger partial charge in [0.05, 0.1) is 24.2 Å². The summed E-state index contributed by atoms with van der Waals surface area (Å²) in [6.07, 6.45) is 3.86. The zero-order valence-electron chi connectivity index (χ0n) is 11.9. The lowest BCUT2D eigenvalue weighted by Gasteiger charge is -2.15. The summed E-state index contributed by atoms with van der Waals surface area (Å²) in [5, 5.41) is 7.04. The van der Waals surface area contributed by atoms with Crippen LogP contribution in [-0.2, 0) is 14.8 Å². The van der Waals surface area contributed by atoms with E-state index in [1.165, 1.54) is 24.4 Å². The van der Waals surface area contributed by atoms with Crippen molar-refractivity contribution in [2.75, 3.05) is 25.2 Å². The number of sulfonamides is 1. The third kappa shape index (κ3) is 4.03. The van der Waals surface area contributed by atoms with Gasteiger partial charge in [0.1, 0.15) is 12.7 Å². The summed E-state index contributed by atoms with van der Waals surface area (Å²) in [4.78, 5) is 15.8. The van der Waals surface area contributed by atoms with Crippen molar-refractivity contribution in [3.63, 3.8) is 0 Å². The Hall–Kier alpha value is -1.97. The Kier molecular flexibility index (Phi) is 4.79. The highest BCUT2D eigenvalue weighted by Gasteiger charge is 2.16. The fourth-order valence-electron chi connectivity index (χ4n) is 1.65. The number of nitrogens with zero attached hydrogens (tertiary/aromatic N) is 4. The molecule has 0 bridgehead atoms. The molecule has 0 aliphatic carbocycles. The van der Waals surface area contributed by atoms with E-state index in [1.807, 2.05) is 0 Å². The van der Waals surface area contributed by atoms with E-state index in [4.69, 9.17) is 11.6 Å². The molecule has 0 spiro atoms. The van der Waals surface area contributed by atoms with Gasteiger partial charge >= 0.3 is 0 Å². The van der Waals surface area contributed by atoms with Gasteiger partial charge in [-0.3, -0.25) is 4.79 Å². The molecule has 118 valence electrons. The van der Waals surface area contributed by atoms with Gasteiger partial charge in [0, 0.05) is 12.1 Å². The number of anilines is 1. The maximum atomic E-state index is 12.0. The number of hydrogen-bond donors (Lipinski definition) is 1. The van der Waals surface area contributed by atoms with Crippen LogP contribution in [0.1, 0.15) is 0 Å². The van der Waals surface area contributed by atoms with Crippen molar-refractivity contribution in [2.24, 2.45) is 0 Å². The molecule has 1 amide bonds. The van der Waals surface area contributed by atoms with Gasteiger partial charge in [0.2, 0.25) is 15.9 Å². The van der Waals surface area contributed by atoms with Crippen molar-refractivity contribution >= 4 is 33.2 Å². The molecule has 1 aromatic carbocycles. The Morgan fingerprint density at radius 2 is 2.18 bits per heavy atom. The van der Waals surface area contributed by atoms with Crippen molar-refractivity contribution in [3.8, 4) is 5.69 Å². The molecule has 0 saturated heterocycles. The molecule has 8 nitrogen and oxygen atoms in total. The van der Waals surface area contributed by atoms with E-state index in [2.05, 4.69) is 15.4 Å². The number of benzene rings is 1. The average molecular weight is 344 g/mol. The number of carbonyl (C=O) groups is 1. The highest BCUT2D eigenvalue weighted by Crippen LogP contribution is 2.23. The number of hydrogen-bond acceptors (Lipinski definition) is 5. The van der Waals surface area contributed by atoms with Crippen LogP contribution in [0.2, 0.25) is 5.02 Å². The molecular formula is C12H14ClN5O3S. The molecule has 1 N–H and O–H groups in total. The van der Waals surface area contributed by atoms with Crippen LogP contribution in [0, 0.1) is 0 Å². The van der Waals surface area contributed by atoms with Gasteiger partial charge in [-0.05, 0) is 18.2 Å². The third-order valence-electron chi connectivity index (χ3n) is 2.83. The van der Waals surface area contributed by atoms with Gasteiger partial charge in [-0.1, -0.05) is 11.6 Å². The highest BCUT2D eigenvalue weighted by molar-refractivity contribution is 7.88. The fourth-order valence-corrected chi connectivity index (χ4v) is 2.17. The maximum absolute atomic E-state index is 12.0. The quantitative estimate of drug-likeness (QED) is 0.864. The average Bonchev–Trinajstić information content (AvgIpc) is 2.91. The summed E-state index contributed by atoms with van der Waals surface area (Å²) in [5.41, 5.74) is 0.974. The second-order valence-electron chi connectivity index (χ2n) is 4.57. The van der Waals surface area contributed by atoms with Crippen molar-refractivity contribution in [1.82, 2.24) is 19.1 Å². The smallest absolute Gasteiger partial charge is 0.239 e. The molecule has 1 aromatic heterocycles. The SMILES string of the molecule is CN(CC(=O)Nc1cc(Cl)ccc1-n1cncn1)S(C)(=O)=O. The molecule has 10 heteroatoms. The molecule has 1 heterocycles. The van der Waals surface area contributed by atoms with Gasteiger partial charge < -0.3 is 5.32 Å². The number of amides is 1. The molecule has 0 atom stereocenters. The summed E-state index contributed by atoms with van der Waals surface area (Å²) in [5.74, 6) is -0.489. The maximum Gasteiger partial charge on any atom is 0.239 e. The Morgan fingerprint density at radius 1 is 1.45 bits per heavy atom. The van der Waals surface area contributed by atoms with Crippen LogP contribution in [-0.4, -0.2) is 53.2 Å². The second-order valence-corrected chi connectivity index (χ2v) is 7.09. The summed E-state index contributed by atoms with van der Waals surface area (Å²) in [7, 11) is -2.11. The summed E-state index contributed by atoms with van der Waals surface area (Å²) in [6, 6.07) is 4.88. The first kappa shape index (κ1) is 16.4. The zero-order valence-corrected chi connectivity index (χ0v) is 13.5. The first-order valence-electron chi connectivity index (χ1n) is 6.13. The third-order valence-corrected chi connectivity index (χ3v) is 4.33. The molecule has 22 heavy (non-hydrogen) atoms. The van der Waals surface area contributed by atoms with Crippen LogP contribution in [0.25, 0.3) is 5.69 Å². The minimum Gasteiger partial charge on any atom is -0.323 e. The second kappa shape index (κ2) is 6.42. The van der Waals surface area contributed by atoms with E-state index in [1.54, 1.807) is 18.2 Å². The number of carbonyl (C=O) groups excluding carboxylic acids is 1. The number of nitrogens with one attached hydrogen (secondary N) is 1. The van der Waals surface area contributed by atoms with Crippen molar-refractivity contribution < 1.29 is 13.2 Å². The van der Waals surface area contributed by atoms with Crippen LogP contribution in [0.15, 0.2) is 30.9 Å². The minimum absolute atomic E-state index is 0.303. The molecule has 0 unspecified atom stereocenters. The lowest BCUT2D eigenvalue weighted by molar-refractivity contribution is -0.116. The first-order chi connectivity index (χ1) is 10.3. The Bertz CT molecular complexity index is 776.